The molecule has 9 heavy (non-hydrogen) atoms. The summed E-state index contributed by atoms with van der Waals surface area (Å²) >= 11 is 3.39. The van der Waals surface area contributed by atoms with Crippen molar-refractivity contribution in [3.63, 3.8) is 0 Å². The summed E-state index contributed by atoms with van der Waals surface area (Å²) in [6, 6.07) is 0. The summed E-state index contributed by atoms with van der Waals surface area (Å²) in [5, 5.41) is 1.13. The Labute approximate surface area is 67.8 Å². The third-order valence-electron chi connectivity index (χ3n) is 0.963. The zero-order chi connectivity index (χ0) is 6.62. The molecule has 0 aromatic rings. The van der Waals surface area contributed by atoms with E-state index in [1.54, 1.807) is 0 Å². The lowest BCUT2D eigenvalue weighted by Gasteiger charge is -2.22. The van der Waals surface area contributed by atoms with Gasteiger partial charge < -0.3 is 4.48 Å². The van der Waals surface area contributed by atoms with Gasteiger partial charge in [0.2, 0.25) is 0 Å². The van der Waals surface area contributed by atoms with Crippen LogP contribution in [0.5, 0.6) is 0 Å². The number of hydrogen-bond acceptors (Lipinski definition) is 0. The van der Waals surface area contributed by atoms with Crippen molar-refractivity contribution in [1.29, 1.82) is 0 Å². The highest BCUT2D eigenvalue weighted by atomic mass is 79.9. The summed E-state index contributed by atoms with van der Waals surface area (Å²) in [5.41, 5.74) is 0. The Balaban J connectivity index is 0. The van der Waals surface area contributed by atoms with Crippen LogP contribution in [0.25, 0.3) is 0 Å². The summed E-state index contributed by atoms with van der Waals surface area (Å²) < 4.78 is 1.08. The SMILES string of the molecule is C.C[N+](C)(C)CCCBr. The maximum atomic E-state index is 3.39. The van der Waals surface area contributed by atoms with E-state index in [9.17, 15) is 0 Å². The molecule has 0 aliphatic heterocycles. The molecule has 0 N–H and O–H groups in total. The molecule has 0 aromatic carbocycles. The summed E-state index contributed by atoms with van der Waals surface area (Å²) in [7, 11) is 6.63. The zero-order valence-electron chi connectivity index (χ0n) is 5.95. The van der Waals surface area contributed by atoms with Gasteiger partial charge >= 0.3 is 0 Å². The number of hydrogen-bond donors (Lipinski definition) is 0. The molecule has 0 fully saturated rings. The van der Waals surface area contributed by atoms with Crippen LogP contribution in [-0.2, 0) is 0 Å². The van der Waals surface area contributed by atoms with Crippen LogP contribution in [0.4, 0.5) is 0 Å². The number of rotatable bonds is 3. The molecule has 0 unspecified atom stereocenters. The van der Waals surface area contributed by atoms with Crippen LogP contribution >= 0.6 is 15.9 Å². The molecule has 0 bridgehead atoms. The molecule has 0 spiro atoms. The van der Waals surface area contributed by atoms with Crippen molar-refractivity contribution in [3.8, 4) is 0 Å². The number of halogens is 1. The average molecular weight is 197 g/mol. The summed E-state index contributed by atoms with van der Waals surface area (Å²) in [5.74, 6) is 0. The van der Waals surface area contributed by atoms with E-state index in [1.165, 1.54) is 13.0 Å². The smallest absolute Gasteiger partial charge is 0.0788 e. The van der Waals surface area contributed by atoms with Crippen molar-refractivity contribution >= 4 is 15.9 Å². The van der Waals surface area contributed by atoms with Crippen molar-refractivity contribution in [3.05, 3.63) is 0 Å². The first-order chi connectivity index (χ1) is 3.56. The van der Waals surface area contributed by atoms with Gasteiger partial charge in [0.25, 0.3) is 0 Å². The van der Waals surface area contributed by atoms with E-state index in [-0.39, 0.29) is 7.43 Å². The molecule has 0 aromatic heterocycles. The van der Waals surface area contributed by atoms with E-state index in [2.05, 4.69) is 37.1 Å². The highest BCUT2D eigenvalue weighted by Gasteiger charge is 2.03. The van der Waals surface area contributed by atoms with Crippen LogP contribution in [0.3, 0.4) is 0 Å². The fraction of sp³-hybridized carbons (Fsp3) is 1.00. The van der Waals surface area contributed by atoms with Gasteiger partial charge in [-0.25, -0.2) is 0 Å². The first-order valence-corrected chi connectivity index (χ1v) is 4.05. The number of nitrogens with zero attached hydrogens (tertiary/aromatic N) is 1. The number of quaternary nitrogens is 1. The predicted molar refractivity (Wildman–Crippen MR) is 48.0 cm³/mol. The third-order valence-corrected chi connectivity index (χ3v) is 1.52. The average Bonchev–Trinajstić information content (AvgIpc) is 1.59. The highest BCUT2D eigenvalue weighted by molar-refractivity contribution is 9.09. The Morgan fingerprint density at radius 1 is 1.22 bits per heavy atom. The van der Waals surface area contributed by atoms with Gasteiger partial charge in [-0.1, -0.05) is 23.4 Å². The lowest BCUT2D eigenvalue weighted by molar-refractivity contribution is -0.870. The second kappa shape index (κ2) is 5.24. The van der Waals surface area contributed by atoms with Crippen LogP contribution in [0.1, 0.15) is 13.8 Å². The minimum atomic E-state index is 0. The van der Waals surface area contributed by atoms with Gasteiger partial charge in [-0.2, -0.15) is 0 Å². The van der Waals surface area contributed by atoms with Crippen LogP contribution in [0.15, 0.2) is 0 Å². The maximum absolute atomic E-state index is 3.39. The van der Waals surface area contributed by atoms with Crippen LogP contribution in [0, 0.1) is 0 Å². The Bertz CT molecular complexity index is 56.4. The molecule has 0 saturated heterocycles. The Morgan fingerprint density at radius 3 is 1.78 bits per heavy atom. The van der Waals surface area contributed by atoms with Crippen molar-refractivity contribution < 1.29 is 4.48 Å². The molecule has 1 nitrogen and oxygen atoms in total. The summed E-state index contributed by atoms with van der Waals surface area (Å²) in [4.78, 5) is 0. The molecule has 0 atom stereocenters. The third kappa shape index (κ3) is 11.8. The maximum Gasteiger partial charge on any atom is 0.0788 e. The van der Waals surface area contributed by atoms with Gasteiger partial charge in [0, 0.05) is 11.8 Å². The Hall–Kier alpha value is 0.440. The highest BCUT2D eigenvalue weighted by Crippen LogP contribution is 1.95. The molecule has 0 amide bonds. The summed E-state index contributed by atoms with van der Waals surface area (Å²) in [6.45, 7) is 1.26. The molecule has 58 valence electrons. The molecular weight excluding hydrogens is 178 g/mol. The monoisotopic (exact) mass is 196 g/mol. The lowest BCUT2D eigenvalue weighted by atomic mass is 10.4. The largest absolute Gasteiger partial charge is 0.331 e. The molecule has 0 rings (SSSR count). The first-order valence-electron chi connectivity index (χ1n) is 2.93. The quantitative estimate of drug-likeness (QED) is 0.480. The predicted octanol–water partition coefficient (Wildman–Crippen LogP) is 2.11. The van der Waals surface area contributed by atoms with Gasteiger partial charge in [-0.05, 0) is 0 Å². The topological polar surface area (TPSA) is 0 Å². The fourth-order valence-corrected chi connectivity index (χ4v) is 0.785. The fourth-order valence-electron chi connectivity index (χ4n) is 0.534. The van der Waals surface area contributed by atoms with Crippen LogP contribution in [0.2, 0.25) is 0 Å². The van der Waals surface area contributed by atoms with E-state index in [1.807, 2.05) is 0 Å². The minimum absolute atomic E-state index is 0. The molecule has 2 heteroatoms. The van der Waals surface area contributed by atoms with Gasteiger partial charge in [0.15, 0.2) is 0 Å². The van der Waals surface area contributed by atoms with Crippen LogP contribution in [-0.4, -0.2) is 37.5 Å². The first kappa shape index (κ1) is 12.1. The van der Waals surface area contributed by atoms with E-state index in [0.717, 1.165) is 9.81 Å². The molecular formula is C7H19BrN+. The molecule has 0 aliphatic carbocycles. The Kier molecular flexibility index (Phi) is 7.08. The molecule has 0 radical (unpaired) electrons. The van der Waals surface area contributed by atoms with Gasteiger partial charge in [-0.3, -0.25) is 0 Å². The second-order valence-electron chi connectivity index (χ2n) is 3.06. The summed E-state index contributed by atoms with van der Waals surface area (Å²) in [6.07, 6.45) is 1.27. The van der Waals surface area contributed by atoms with Crippen molar-refractivity contribution in [2.24, 2.45) is 0 Å². The van der Waals surface area contributed by atoms with Crippen molar-refractivity contribution in [2.75, 3.05) is 33.0 Å². The molecule has 0 aliphatic rings. The van der Waals surface area contributed by atoms with Crippen molar-refractivity contribution in [2.45, 2.75) is 13.8 Å². The van der Waals surface area contributed by atoms with Gasteiger partial charge in [-0.15, -0.1) is 0 Å². The van der Waals surface area contributed by atoms with Crippen LogP contribution < -0.4 is 0 Å². The van der Waals surface area contributed by atoms with Gasteiger partial charge in [0.05, 0.1) is 27.7 Å². The lowest BCUT2D eigenvalue weighted by Crippen LogP contribution is -2.35. The van der Waals surface area contributed by atoms with E-state index in [0.29, 0.717) is 0 Å². The van der Waals surface area contributed by atoms with E-state index >= 15 is 0 Å². The zero-order valence-corrected chi connectivity index (χ0v) is 7.53. The van der Waals surface area contributed by atoms with Crippen molar-refractivity contribution in [1.82, 2.24) is 0 Å². The minimum Gasteiger partial charge on any atom is -0.331 e. The van der Waals surface area contributed by atoms with E-state index in [4.69, 9.17) is 0 Å². The molecule has 0 saturated carbocycles. The standard InChI is InChI=1S/C6H15BrN.CH4/c1-8(2,3)6-4-5-7;/h4-6H2,1-3H3;1H4/q+1;. The molecule has 0 heterocycles. The normalized spacial score (nSPS) is 10.7. The van der Waals surface area contributed by atoms with Gasteiger partial charge in [0.1, 0.15) is 0 Å². The number of alkyl halides is 1. The second-order valence-corrected chi connectivity index (χ2v) is 3.85. The van der Waals surface area contributed by atoms with E-state index < -0.39 is 0 Å². The Morgan fingerprint density at radius 2 is 1.67 bits per heavy atom.